The second-order valence-electron chi connectivity index (χ2n) is 26.4. The van der Waals surface area contributed by atoms with E-state index < -0.39 is 0 Å². The molecule has 2 radical (unpaired) electrons. The van der Waals surface area contributed by atoms with Gasteiger partial charge in [-0.05, 0) is 43.3 Å². The molecular formula is C63H92O4U2. The smallest absolute Gasteiger partial charge is 0.872 e. The third-order valence-corrected chi connectivity index (χ3v) is 11.5. The minimum absolute atomic E-state index is 0. The fraction of sp³-hybridized carbons (Fsp3) is 0.524. The minimum atomic E-state index is -0.0711. The number of hydrogen-bond acceptors (Lipinski definition) is 4. The summed E-state index contributed by atoms with van der Waals surface area (Å²) in [6.45, 7) is 52.0. The first kappa shape index (κ1) is 68.5. The van der Waals surface area contributed by atoms with Gasteiger partial charge >= 0.3 is 62.2 Å². The molecule has 0 saturated heterocycles. The minimum Gasteiger partial charge on any atom is -0.872 e. The summed E-state index contributed by atoms with van der Waals surface area (Å²) >= 11 is 0. The van der Waals surface area contributed by atoms with E-state index in [0.29, 0.717) is 0 Å². The van der Waals surface area contributed by atoms with Gasteiger partial charge in [-0.1, -0.05) is 283 Å². The van der Waals surface area contributed by atoms with Crippen molar-refractivity contribution in [3.05, 3.63) is 154 Å². The Morgan fingerprint density at radius 3 is 0.536 bits per heavy atom. The second kappa shape index (κ2) is 26.4. The van der Waals surface area contributed by atoms with Crippen LogP contribution in [0.25, 0.3) is 0 Å². The van der Waals surface area contributed by atoms with Gasteiger partial charge in [0.15, 0.2) is 0 Å². The van der Waals surface area contributed by atoms with Crippen LogP contribution in [0, 0.1) is 75.1 Å². The summed E-state index contributed by atoms with van der Waals surface area (Å²) < 4.78 is 0. The van der Waals surface area contributed by atoms with E-state index >= 15 is 0 Å². The van der Waals surface area contributed by atoms with Crippen molar-refractivity contribution in [3.8, 4) is 23.0 Å². The molecule has 0 aromatic heterocycles. The molecule has 4 aromatic rings. The van der Waals surface area contributed by atoms with Crippen molar-refractivity contribution >= 4 is 0 Å². The van der Waals surface area contributed by atoms with Crippen LogP contribution in [-0.4, -0.2) is 0 Å². The summed E-state index contributed by atoms with van der Waals surface area (Å²) in [6, 6.07) is 23.5. The summed E-state index contributed by atoms with van der Waals surface area (Å²) in [4.78, 5) is 0. The molecule has 0 heterocycles. The van der Waals surface area contributed by atoms with Crippen LogP contribution in [0.4, 0.5) is 0 Å². The number of benzene rings is 4. The van der Waals surface area contributed by atoms with Crippen LogP contribution < -0.4 is 20.4 Å². The van der Waals surface area contributed by atoms with Crippen molar-refractivity contribution in [3.63, 3.8) is 0 Å². The van der Waals surface area contributed by atoms with E-state index in [1.54, 1.807) is 0 Å². The molecule has 0 bridgehead atoms. The maximum atomic E-state index is 12.3. The number of rotatable bonds is 0. The average Bonchev–Trinajstić information content (AvgIpc) is 3.13. The molecule has 0 atom stereocenters. The molecule has 0 spiro atoms. The molecule has 5 rings (SSSR count). The summed E-state index contributed by atoms with van der Waals surface area (Å²) in [6.07, 6.45) is 10.3. The molecule has 69 heavy (non-hydrogen) atoms. The van der Waals surface area contributed by atoms with E-state index in [-0.39, 0.29) is 129 Å². The molecule has 0 aliphatic heterocycles. The second-order valence-corrected chi connectivity index (χ2v) is 26.4. The van der Waals surface area contributed by atoms with Crippen LogP contribution >= 0.6 is 0 Å². The van der Waals surface area contributed by atoms with Gasteiger partial charge in [-0.2, -0.15) is 0 Å². The molecule has 376 valence electrons. The van der Waals surface area contributed by atoms with Gasteiger partial charge in [0.25, 0.3) is 0 Å². The molecule has 1 aliphatic rings. The zero-order valence-corrected chi connectivity index (χ0v) is 56.3. The monoisotopic (exact) mass is 1390 g/mol. The molecule has 0 fully saturated rings. The Labute approximate surface area is 471 Å². The Hall–Kier alpha value is -2.60. The fourth-order valence-electron chi connectivity index (χ4n) is 7.41. The molecule has 6 heteroatoms. The van der Waals surface area contributed by atoms with Gasteiger partial charge in [-0.15, -0.1) is 29.9 Å². The summed E-state index contributed by atoms with van der Waals surface area (Å²) in [5.41, 5.74) is 8.05. The summed E-state index contributed by atoms with van der Waals surface area (Å²) in [5, 5.41) is 49.0. The van der Waals surface area contributed by atoms with E-state index in [1.165, 1.54) is 5.57 Å². The standard InChI is InChI=1S/4C14H22O.C7H8.2U/c4*1-13(2,3)10-8-7-9-11(12(10)15)14(4,5)6;1-7-5-3-2-4-6-7;;/h4*7-9,15H,1-6H3;2-6H,1H3;;/q;;;;-2;2*+3/p-4. The third kappa shape index (κ3) is 22.0. The predicted octanol–water partition coefficient (Wildman–Crippen LogP) is 15.3. The van der Waals surface area contributed by atoms with Gasteiger partial charge < -0.3 is 20.4 Å². The van der Waals surface area contributed by atoms with Crippen molar-refractivity contribution in [2.24, 2.45) is 0 Å². The van der Waals surface area contributed by atoms with Crippen LogP contribution in [0.3, 0.4) is 0 Å². The van der Waals surface area contributed by atoms with E-state index in [9.17, 15) is 20.4 Å². The first-order valence-electron chi connectivity index (χ1n) is 24.2. The number of hydrogen-bond donors (Lipinski definition) is 0. The van der Waals surface area contributed by atoms with Crippen molar-refractivity contribution in [1.29, 1.82) is 0 Å². The van der Waals surface area contributed by atoms with Crippen molar-refractivity contribution in [1.82, 2.24) is 0 Å². The summed E-state index contributed by atoms with van der Waals surface area (Å²) in [7, 11) is 0. The van der Waals surface area contributed by atoms with Crippen LogP contribution in [0.1, 0.15) is 218 Å². The van der Waals surface area contributed by atoms with Crippen LogP contribution in [0.2, 0.25) is 0 Å². The maximum absolute atomic E-state index is 12.3. The van der Waals surface area contributed by atoms with Crippen LogP contribution in [-0.2, 0) is 43.3 Å². The Bertz CT molecular complexity index is 1830. The van der Waals surface area contributed by atoms with Gasteiger partial charge in [0.2, 0.25) is 0 Å². The molecular weight excluding hydrogens is 1300 g/mol. The van der Waals surface area contributed by atoms with Gasteiger partial charge in [0.1, 0.15) is 0 Å². The van der Waals surface area contributed by atoms with Gasteiger partial charge in [-0.3, -0.25) is 36.6 Å². The SMILES string of the molecule is CC(C)(C)c1cccc(C(C)(C)C)c1[O-].CC(C)(C)c1cccc(C(C)(C)C)c1[O-].CC(C)(C)c1cccc(C(C)(C)C)c1[O-].CC(C)(C)c1cccc(C(C)(C)C)c1[O-].CC1=C[CH-]C=C[CH-]1.[U+3].[U+3]. The third-order valence-electron chi connectivity index (χ3n) is 11.5. The summed E-state index contributed by atoms with van der Waals surface area (Å²) in [5.74, 6) is 0.824. The first-order valence-corrected chi connectivity index (χ1v) is 24.2. The Morgan fingerprint density at radius 2 is 0.449 bits per heavy atom. The van der Waals surface area contributed by atoms with E-state index in [4.69, 9.17) is 0 Å². The largest absolute Gasteiger partial charge is 3.00 e. The van der Waals surface area contributed by atoms with Gasteiger partial charge in [-0.25, -0.2) is 0 Å². The molecule has 1 aliphatic carbocycles. The Kier molecular flexibility index (Phi) is 26.2. The molecule has 4 nitrogen and oxygen atoms in total. The van der Waals surface area contributed by atoms with Crippen molar-refractivity contribution in [2.45, 2.75) is 216 Å². The zero-order valence-electron chi connectivity index (χ0n) is 47.9. The van der Waals surface area contributed by atoms with E-state index in [2.05, 4.69) is 186 Å². The molecule has 0 N–H and O–H groups in total. The van der Waals surface area contributed by atoms with E-state index in [1.807, 2.05) is 91.4 Å². The number of allylic oxidation sites excluding steroid dienone is 4. The molecule has 0 saturated carbocycles. The van der Waals surface area contributed by atoms with Crippen LogP contribution in [0.5, 0.6) is 23.0 Å². The predicted molar refractivity (Wildman–Crippen MR) is 285 cm³/mol. The maximum Gasteiger partial charge on any atom is 3.00 e. The first-order chi connectivity index (χ1) is 29.9. The van der Waals surface area contributed by atoms with Gasteiger partial charge in [0.05, 0.1) is 0 Å². The molecule has 0 amide bonds. The van der Waals surface area contributed by atoms with E-state index in [0.717, 1.165) is 44.5 Å². The quantitative estimate of drug-likeness (QED) is 0.164. The molecule has 4 aromatic carbocycles. The Morgan fingerprint density at radius 1 is 0.290 bits per heavy atom. The molecule has 0 unspecified atom stereocenters. The van der Waals surface area contributed by atoms with Gasteiger partial charge in [0, 0.05) is 0 Å². The van der Waals surface area contributed by atoms with Crippen molar-refractivity contribution < 1.29 is 82.7 Å². The fourth-order valence-corrected chi connectivity index (χ4v) is 7.41. The zero-order chi connectivity index (χ0) is 52.5. The Balaban J connectivity index is 0. The van der Waals surface area contributed by atoms with Crippen LogP contribution in [0.15, 0.2) is 96.6 Å². The number of para-hydroxylation sites is 4. The van der Waals surface area contributed by atoms with Crippen molar-refractivity contribution in [2.75, 3.05) is 0 Å². The normalized spacial score (nSPS) is 13.0. The topological polar surface area (TPSA) is 92.2 Å². The average molecular weight is 1390 g/mol.